The molecule has 0 amide bonds. The van der Waals surface area contributed by atoms with Gasteiger partial charge < -0.3 is 20.1 Å². The summed E-state index contributed by atoms with van der Waals surface area (Å²) in [5.41, 5.74) is 6.17. The van der Waals surface area contributed by atoms with Gasteiger partial charge in [0.15, 0.2) is 5.17 Å². The third kappa shape index (κ3) is 2.90. The molecule has 0 aliphatic carbocycles. The molecule has 7 nitrogen and oxygen atoms in total. The van der Waals surface area contributed by atoms with Crippen LogP contribution in [0.2, 0.25) is 0 Å². The van der Waals surface area contributed by atoms with Crippen molar-refractivity contribution in [2.45, 2.75) is 25.3 Å². The smallest absolute Gasteiger partial charge is 0.255 e. The average molecular weight is 381 g/mol. The van der Waals surface area contributed by atoms with Crippen LogP contribution in [0.3, 0.4) is 0 Å². The highest BCUT2D eigenvalue weighted by molar-refractivity contribution is 8.13. The minimum absolute atomic E-state index is 0.0140. The zero-order valence-corrected chi connectivity index (χ0v) is 15.9. The maximum atomic E-state index is 14.1. The van der Waals surface area contributed by atoms with E-state index in [0.717, 1.165) is 38.4 Å². The second kappa shape index (κ2) is 6.84. The first-order chi connectivity index (χ1) is 12.5. The summed E-state index contributed by atoms with van der Waals surface area (Å²) in [6.07, 6.45) is 1.97. The molecule has 0 spiro atoms. The lowest BCUT2D eigenvalue weighted by Crippen LogP contribution is -2.50. The van der Waals surface area contributed by atoms with Crippen molar-refractivity contribution < 1.29 is 13.9 Å². The minimum atomic E-state index is -0.509. The number of fused-ring (bicyclic) bond motifs is 1. The van der Waals surface area contributed by atoms with E-state index in [2.05, 4.69) is 14.9 Å². The number of nitrogens with two attached hydrogens (primary N) is 1. The number of halogens is 1. The van der Waals surface area contributed by atoms with E-state index in [0.29, 0.717) is 35.2 Å². The standard InChI is InChI=1S/C17H24FN5O2S/c1-10-13(18)14(24-2)21-16(20-10)23-7-12-8-26-15(19)22-17(12,9-23)11-3-5-25-6-4-11/h11-12H,3-9H2,1-2H3,(H2,19,22). The molecule has 2 saturated heterocycles. The molecule has 9 heteroatoms. The Balaban J connectivity index is 1.69. The van der Waals surface area contributed by atoms with Gasteiger partial charge in [0.05, 0.1) is 18.3 Å². The van der Waals surface area contributed by atoms with E-state index < -0.39 is 5.82 Å². The zero-order valence-electron chi connectivity index (χ0n) is 15.1. The molecule has 3 aliphatic heterocycles. The van der Waals surface area contributed by atoms with Gasteiger partial charge in [0, 0.05) is 38.0 Å². The average Bonchev–Trinajstić information content (AvgIpc) is 3.04. The molecule has 2 unspecified atom stereocenters. The van der Waals surface area contributed by atoms with Gasteiger partial charge >= 0.3 is 0 Å². The monoisotopic (exact) mass is 381 g/mol. The van der Waals surface area contributed by atoms with Crippen molar-refractivity contribution in [2.75, 3.05) is 44.1 Å². The summed E-state index contributed by atoms with van der Waals surface area (Å²) in [5.74, 6) is 1.70. The lowest BCUT2D eigenvalue weighted by atomic mass is 9.73. The van der Waals surface area contributed by atoms with Gasteiger partial charge in [-0.05, 0) is 25.7 Å². The van der Waals surface area contributed by atoms with Crippen LogP contribution in [-0.4, -0.2) is 59.8 Å². The Labute approximate surface area is 156 Å². The highest BCUT2D eigenvalue weighted by Crippen LogP contribution is 2.46. The second-order valence-electron chi connectivity index (χ2n) is 7.15. The number of aryl methyl sites for hydroxylation is 1. The van der Waals surface area contributed by atoms with Crippen molar-refractivity contribution in [3.63, 3.8) is 0 Å². The molecule has 0 aromatic carbocycles. The number of rotatable bonds is 3. The number of amidine groups is 1. The normalized spacial score (nSPS) is 29.4. The first kappa shape index (κ1) is 17.8. The van der Waals surface area contributed by atoms with E-state index in [4.69, 9.17) is 20.2 Å². The lowest BCUT2D eigenvalue weighted by molar-refractivity contribution is 0.0351. The van der Waals surface area contributed by atoms with Gasteiger partial charge in [0.1, 0.15) is 0 Å². The van der Waals surface area contributed by atoms with Gasteiger partial charge in [0.2, 0.25) is 11.8 Å². The Morgan fingerprint density at radius 2 is 2.08 bits per heavy atom. The van der Waals surface area contributed by atoms with E-state index in [1.165, 1.54) is 7.11 Å². The minimum Gasteiger partial charge on any atom is -0.479 e. The number of thioether (sulfide) groups is 1. The van der Waals surface area contributed by atoms with Crippen LogP contribution in [0.1, 0.15) is 18.5 Å². The summed E-state index contributed by atoms with van der Waals surface area (Å²) >= 11 is 1.61. The van der Waals surface area contributed by atoms with Gasteiger partial charge in [0.25, 0.3) is 5.88 Å². The number of aromatic nitrogens is 2. The van der Waals surface area contributed by atoms with Crippen LogP contribution >= 0.6 is 11.8 Å². The maximum Gasteiger partial charge on any atom is 0.255 e. The van der Waals surface area contributed by atoms with Crippen LogP contribution in [0.4, 0.5) is 10.3 Å². The van der Waals surface area contributed by atoms with Crippen LogP contribution in [0, 0.1) is 24.6 Å². The van der Waals surface area contributed by atoms with Crippen LogP contribution in [0.15, 0.2) is 4.99 Å². The SMILES string of the molecule is COc1nc(N2CC3CSC(N)=NC3(C3CCOCC3)C2)nc(C)c1F. The molecule has 0 saturated carbocycles. The van der Waals surface area contributed by atoms with Crippen molar-refractivity contribution in [2.24, 2.45) is 22.6 Å². The van der Waals surface area contributed by atoms with Crippen LogP contribution in [-0.2, 0) is 4.74 Å². The van der Waals surface area contributed by atoms with Crippen LogP contribution in [0.5, 0.6) is 5.88 Å². The lowest BCUT2D eigenvalue weighted by Gasteiger charge is -2.42. The van der Waals surface area contributed by atoms with E-state index in [1.54, 1.807) is 18.7 Å². The summed E-state index contributed by atoms with van der Waals surface area (Å²) in [6.45, 7) is 4.64. The predicted molar refractivity (Wildman–Crippen MR) is 99.3 cm³/mol. The Bertz CT molecular complexity index is 727. The van der Waals surface area contributed by atoms with Crippen molar-refractivity contribution in [3.05, 3.63) is 11.5 Å². The Morgan fingerprint density at radius 1 is 1.31 bits per heavy atom. The molecule has 2 N–H and O–H groups in total. The third-order valence-electron chi connectivity index (χ3n) is 5.72. The van der Waals surface area contributed by atoms with E-state index in [9.17, 15) is 4.39 Å². The zero-order chi connectivity index (χ0) is 18.3. The Kier molecular flexibility index (Phi) is 4.68. The highest BCUT2D eigenvalue weighted by atomic mass is 32.2. The summed E-state index contributed by atoms with van der Waals surface area (Å²) in [6, 6.07) is 0. The number of nitrogens with zero attached hydrogens (tertiary/aromatic N) is 4. The van der Waals surface area contributed by atoms with Crippen molar-refractivity contribution in [1.82, 2.24) is 9.97 Å². The van der Waals surface area contributed by atoms with Crippen LogP contribution in [0.25, 0.3) is 0 Å². The van der Waals surface area contributed by atoms with Crippen molar-refractivity contribution >= 4 is 22.9 Å². The number of methoxy groups -OCH3 is 1. The van der Waals surface area contributed by atoms with Gasteiger partial charge in [-0.25, -0.2) is 4.98 Å². The fourth-order valence-corrected chi connectivity index (χ4v) is 5.37. The molecule has 26 heavy (non-hydrogen) atoms. The largest absolute Gasteiger partial charge is 0.479 e. The Hall–Kier alpha value is -1.61. The first-order valence-corrected chi connectivity index (χ1v) is 9.91. The highest BCUT2D eigenvalue weighted by Gasteiger charge is 2.54. The van der Waals surface area contributed by atoms with Crippen molar-refractivity contribution in [1.29, 1.82) is 0 Å². The molecule has 2 atom stereocenters. The van der Waals surface area contributed by atoms with Gasteiger partial charge in [-0.3, -0.25) is 4.99 Å². The fourth-order valence-electron chi connectivity index (χ4n) is 4.37. The topological polar surface area (TPSA) is 85.9 Å². The first-order valence-electron chi connectivity index (χ1n) is 8.92. The van der Waals surface area contributed by atoms with Gasteiger partial charge in [-0.2, -0.15) is 9.37 Å². The Morgan fingerprint density at radius 3 is 2.81 bits per heavy atom. The third-order valence-corrected chi connectivity index (χ3v) is 6.68. The molecule has 0 radical (unpaired) electrons. The van der Waals surface area contributed by atoms with E-state index in [1.807, 2.05) is 0 Å². The number of ether oxygens (including phenoxy) is 2. The van der Waals surface area contributed by atoms with Crippen LogP contribution < -0.4 is 15.4 Å². The second-order valence-corrected chi connectivity index (χ2v) is 8.19. The van der Waals surface area contributed by atoms with Gasteiger partial charge in [-0.1, -0.05) is 11.8 Å². The summed E-state index contributed by atoms with van der Waals surface area (Å²) in [7, 11) is 1.42. The molecule has 1 aromatic heterocycles. The number of anilines is 1. The number of aliphatic imine (C=N–C) groups is 1. The summed E-state index contributed by atoms with van der Waals surface area (Å²) in [4.78, 5) is 15.7. The molecule has 0 bridgehead atoms. The van der Waals surface area contributed by atoms with E-state index >= 15 is 0 Å². The van der Waals surface area contributed by atoms with Crippen molar-refractivity contribution in [3.8, 4) is 5.88 Å². The summed E-state index contributed by atoms with van der Waals surface area (Å²) < 4.78 is 24.7. The summed E-state index contributed by atoms with van der Waals surface area (Å²) in [5, 5.41) is 0.656. The molecule has 1 aromatic rings. The molecular formula is C17H24FN5O2S. The quantitative estimate of drug-likeness (QED) is 0.851. The number of hydrogen-bond acceptors (Lipinski definition) is 8. The molecule has 3 aliphatic rings. The maximum absolute atomic E-state index is 14.1. The molecule has 142 valence electrons. The fraction of sp³-hybridized carbons (Fsp3) is 0.706. The molecule has 2 fully saturated rings. The number of hydrogen-bond donors (Lipinski definition) is 1. The van der Waals surface area contributed by atoms with E-state index in [-0.39, 0.29) is 11.4 Å². The molecular weight excluding hydrogens is 357 g/mol. The predicted octanol–water partition coefficient (Wildman–Crippen LogP) is 1.60. The molecule has 4 rings (SSSR count). The molecule has 4 heterocycles. The van der Waals surface area contributed by atoms with Gasteiger partial charge in [-0.15, -0.1) is 0 Å².